The molecule has 0 unspecified atom stereocenters. The van der Waals surface area contributed by atoms with E-state index in [-0.39, 0.29) is 17.9 Å². The largest absolute Gasteiger partial charge is 0.366 e. The Hall–Kier alpha value is -2.27. The lowest BCUT2D eigenvalue weighted by Crippen LogP contribution is -2.16. The molecule has 3 nitrogen and oxygen atoms in total. The van der Waals surface area contributed by atoms with Crippen molar-refractivity contribution in [1.29, 1.82) is 0 Å². The summed E-state index contributed by atoms with van der Waals surface area (Å²) in [5.74, 6) is -1.33. The number of amides is 1. The Morgan fingerprint density at radius 1 is 1.10 bits per heavy atom. The van der Waals surface area contributed by atoms with E-state index in [4.69, 9.17) is 5.73 Å². The highest BCUT2D eigenvalue weighted by molar-refractivity contribution is 5.92. The first-order valence-corrected chi connectivity index (χ1v) is 6.09. The van der Waals surface area contributed by atoms with E-state index in [1.54, 1.807) is 12.1 Å². The van der Waals surface area contributed by atoms with E-state index in [0.29, 0.717) is 12.1 Å². The summed E-state index contributed by atoms with van der Waals surface area (Å²) in [7, 11) is 0. The molecule has 2 rings (SSSR count). The molecule has 2 aromatic rings. The van der Waals surface area contributed by atoms with Gasteiger partial charge in [0.25, 0.3) is 0 Å². The summed E-state index contributed by atoms with van der Waals surface area (Å²) in [5, 5.41) is 2.99. The van der Waals surface area contributed by atoms with Gasteiger partial charge in [0.2, 0.25) is 5.91 Å². The number of nitrogens with one attached hydrogen (secondary N) is 1. The number of rotatable bonds is 5. The predicted octanol–water partition coefficient (Wildman–Crippen LogP) is 2.35. The van der Waals surface area contributed by atoms with Crippen molar-refractivity contribution < 1.29 is 13.6 Å². The van der Waals surface area contributed by atoms with Gasteiger partial charge in [-0.2, -0.15) is 0 Å². The Bertz CT molecular complexity index is 629. The third-order valence-electron chi connectivity index (χ3n) is 2.86. The number of nitrogens with two attached hydrogens (primary N) is 1. The van der Waals surface area contributed by atoms with Gasteiger partial charge < -0.3 is 11.1 Å². The molecular formula is C15H14F2N2O. The van der Waals surface area contributed by atoms with Gasteiger partial charge in [0.15, 0.2) is 0 Å². The Labute approximate surface area is 115 Å². The molecule has 0 saturated carbocycles. The third kappa shape index (κ3) is 3.61. The van der Waals surface area contributed by atoms with Crippen molar-refractivity contribution in [2.45, 2.75) is 13.1 Å². The van der Waals surface area contributed by atoms with Crippen LogP contribution in [0.5, 0.6) is 0 Å². The minimum atomic E-state index is -0.601. The topological polar surface area (TPSA) is 55.1 Å². The molecule has 0 aliphatic heterocycles. The molecule has 5 heteroatoms. The van der Waals surface area contributed by atoms with Gasteiger partial charge in [-0.3, -0.25) is 4.79 Å². The third-order valence-corrected chi connectivity index (χ3v) is 2.86. The van der Waals surface area contributed by atoms with Crippen molar-refractivity contribution in [3.63, 3.8) is 0 Å². The maximum atomic E-state index is 13.6. The van der Waals surface area contributed by atoms with Crippen molar-refractivity contribution in [1.82, 2.24) is 5.32 Å². The van der Waals surface area contributed by atoms with Crippen LogP contribution in [0.25, 0.3) is 0 Å². The normalized spacial score (nSPS) is 10.5. The molecule has 20 heavy (non-hydrogen) atoms. The van der Waals surface area contributed by atoms with E-state index < -0.39 is 11.7 Å². The summed E-state index contributed by atoms with van der Waals surface area (Å²) < 4.78 is 26.6. The molecule has 0 heterocycles. The number of carbonyl (C=O) groups excluding carboxylic acids is 1. The van der Waals surface area contributed by atoms with Gasteiger partial charge in [0.1, 0.15) is 11.6 Å². The predicted molar refractivity (Wildman–Crippen MR) is 71.9 cm³/mol. The van der Waals surface area contributed by atoms with Crippen molar-refractivity contribution in [3.8, 4) is 0 Å². The van der Waals surface area contributed by atoms with Gasteiger partial charge in [-0.05, 0) is 35.9 Å². The summed E-state index contributed by atoms with van der Waals surface area (Å²) in [6, 6.07) is 10.1. The molecular weight excluding hydrogens is 262 g/mol. The zero-order chi connectivity index (χ0) is 14.5. The van der Waals surface area contributed by atoms with Gasteiger partial charge in [0, 0.05) is 24.2 Å². The summed E-state index contributed by atoms with van der Waals surface area (Å²) in [5.41, 5.74) is 6.51. The van der Waals surface area contributed by atoms with Crippen molar-refractivity contribution in [2.75, 3.05) is 0 Å². The number of halogens is 2. The van der Waals surface area contributed by atoms with Gasteiger partial charge in [-0.15, -0.1) is 0 Å². The van der Waals surface area contributed by atoms with Crippen molar-refractivity contribution in [2.24, 2.45) is 5.73 Å². The molecule has 0 fully saturated rings. The van der Waals surface area contributed by atoms with Crippen LogP contribution in [0.15, 0.2) is 42.5 Å². The molecule has 0 spiro atoms. The lowest BCUT2D eigenvalue weighted by Gasteiger charge is -2.07. The van der Waals surface area contributed by atoms with Gasteiger partial charge in [-0.1, -0.05) is 12.1 Å². The maximum Gasteiger partial charge on any atom is 0.248 e. The number of primary amides is 1. The molecule has 0 aliphatic carbocycles. The van der Waals surface area contributed by atoms with E-state index in [1.807, 2.05) is 0 Å². The summed E-state index contributed by atoms with van der Waals surface area (Å²) >= 11 is 0. The smallest absolute Gasteiger partial charge is 0.248 e. The molecule has 0 atom stereocenters. The highest BCUT2D eigenvalue weighted by Crippen LogP contribution is 2.11. The lowest BCUT2D eigenvalue weighted by molar-refractivity contribution is 0.1000. The Balaban J connectivity index is 2.00. The standard InChI is InChI=1S/C15H14F2N2O/c16-13-3-1-2-10(6-13)8-19-9-12-7-11(15(18)20)4-5-14(12)17/h1-7,19H,8-9H2,(H2,18,20). The first kappa shape index (κ1) is 14.1. The second kappa shape index (κ2) is 6.25. The van der Waals surface area contributed by atoms with Crippen LogP contribution < -0.4 is 11.1 Å². The molecule has 2 aromatic carbocycles. The monoisotopic (exact) mass is 276 g/mol. The van der Waals surface area contributed by atoms with Crippen molar-refractivity contribution in [3.05, 3.63) is 70.8 Å². The first-order chi connectivity index (χ1) is 9.56. The fourth-order valence-corrected chi connectivity index (χ4v) is 1.85. The van der Waals surface area contributed by atoms with E-state index in [2.05, 4.69) is 5.32 Å². The van der Waals surface area contributed by atoms with Gasteiger partial charge in [0.05, 0.1) is 0 Å². The van der Waals surface area contributed by atoms with Crippen LogP contribution in [-0.4, -0.2) is 5.91 Å². The molecule has 0 radical (unpaired) electrons. The Morgan fingerprint density at radius 2 is 1.90 bits per heavy atom. The molecule has 3 N–H and O–H groups in total. The lowest BCUT2D eigenvalue weighted by atomic mass is 10.1. The summed E-state index contributed by atoms with van der Waals surface area (Å²) in [6.45, 7) is 0.626. The minimum absolute atomic E-state index is 0.226. The average Bonchev–Trinajstić information content (AvgIpc) is 2.40. The SMILES string of the molecule is NC(=O)c1ccc(F)c(CNCc2cccc(F)c2)c1. The minimum Gasteiger partial charge on any atom is -0.366 e. The fourth-order valence-electron chi connectivity index (χ4n) is 1.85. The summed E-state index contributed by atoms with van der Waals surface area (Å²) in [6.07, 6.45) is 0. The highest BCUT2D eigenvalue weighted by atomic mass is 19.1. The van der Waals surface area contributed by atoms with Crippen LogP contribution in [0.2, 0.25) is 0 Å². The quantitative estimate of drug-likeness (QED) is 0.880. The van der Waals surface area contributed by atoms with E-state index in [0.717, 1.165) is 5.56 Å². The number of carbonyl (C=O) groups is 1. The maximum absolute atomic E-state index is 13.6. The zero-order valence-corrected chi connectivity index (χ0v) is 10.7. The second-order valence-electron chi connectivity index (χ2n) is 4.40. The number of hydrogen-bond donors (Lipinski definition) is 2. The first-order valence-electron chi connectivity index (χ1n) is 6.09. The van der Waals surface area contributed by atoms with E-state index >= 15 is 0 Å². The fraction of sp³-hybridized carbons (Fsp3) is 0.133. The van der Waals surface area contributed by atoms with Crippen LogP contribution in [0.4, 0.5) is 8.78 Å². The van der Waals surface area contributed by atoms with Crippen LogP contribution in [0.3, 0.4) is 0 Å². The van der Waals surface area contributed by atoms with Gasteiger partial charge in [-0.25, -0.2) is 8.78 Å². The van der Waals surface area contributed by atoms with Crippen molar-refractivity contribution >= 4 is 5.91 Å². The van der Waals surface area contributed by atoms with E-state index in [9.17, 15) is 13.6 Å². The number of benzene rings is 2. The molecule has 0 saturated heterocycles. The molecule has 0 aliphatic rings. The molecule has 0 bridgehead atoms. The van der Waals surface area contributed by atoms with Crippen LogP contribution >= 0.6 is 0 Å². The van der Waals surface area contributed by atoms with Crippen LogP contribution in [0, 0.1) is 11.6 Å². The van der Waals surface area contributed by atoms with Crippen LogP contribution in [0.1, 0.15) is 21.5 Å². The number of hydrogen-bond acceptors (Lipinski definition) is 2. The molecule has 104 valence electrons. The summed E-state index contributed by atoms with van der Waals surface area (Å²) in [4.78, 5) is 11.0. The molecule has 1 amide bonds. The van der Waals surface area contributed by atoms with E-state index in [1.165, 1.54) is 30.3 Å². The van der Waals surface area contributed by atoms with Crippen LogP contribution in [-0.2, 0) is 13.1 Å². The Morgan fingerprint density at radius 3 is 2.60 bits per heavy atom. The molecule has 0 aromatic heterocycles. The zero-order valence-electron chi connectivity index (χ0n) is 10.7. The Kier molecular flexibility index (Phi) is 4.42. The second-order valence-corrected chi connectivity index (χ2v) is 4.40. The highest BCUT2D eigenvalue weighted by Gasteiger charge is 2.07. The van der Waals surface area contributed by atoms with Gasteiger partial charge >= 0.3 is 0 Å². The average molecular weight is 276 g/mol.